The van der Waals surface area contributed by atoms with Crippen LogP contribution >= 0.6 is 15.9 Å². The number of nitrogens with zero attached hydrogens (tertiary/aromatic N) is 2. The standard InChI is InChI=1S/C28H17BrN2/c29-24-13-10-18-6-9-22(16-23(18)17-24)26-15-12-21-8-7-20-11-14-25(19-4-2-1-3-5-19)30-27(20)28(21)31-26/h1-17H. The summed E-state index contributed by atoms with van der Waals surface area (Å²) in [5.41, 5.74) is 5.99. The number of hydrogen-bond acceptors (Lipinski definition) is 2. The molecule has 2 heterocycles. The van der Waals surface area contributed by atoms with Crippen molar-refractivity contribution in [3.8, 4) is 22.5 Å². The van der Waals surface area contributed by atoms with Crippen molar-refractivity contribution >= 4 is 48.5 Å². The predicted octanol–water partition coefficient (Wildman–Crippen LogP) is 8.03. The Labute approximate surface area is 188 Å². The Bertz CT molecular complexity index is 1590. The number of benzene rings is 4. The smallest absolute Gasteiger partial charge is 0.0972 e. The van der Waals surface area contributed by atoms with Gasteiger partial charge in [0.05, 0.1) is 22.4 Å². The third kappa shape index (κ3) is 3.28. The van der Waals surface area contributed by atoms with Crippen molar-refractivity contribution in [1.29, 1.82) is 0 Å². The van der Waals surface area contributed by atoms with E-state index in [0.29, 0.717) is 0 Å². The third-order valence-electron chi connectivity index (χ3n) is 5.69. The number of fused-ring (bicyclic) bond motifs is 4. The molecule has 0 N–H and O–H groups in total. The fourth-order valence-electron chi connectivity index (χ4n) is 4.08. The highest BCUT2D eigenvalue weighted by Crippen LogP contribution is 2.30. The van der Waals surface area contributed by atoms with Crippen molar-refractivity contribution < 1.29 is 0 Å². The number of rotatable bonds is 2. The van der Waals surface area contributed by atoms with Crippen LogP contribution in [0.25, 0.3) is 55.1 Å². The van der Waals surface area contributed by atoms with Gasteiger partial charge in [-0.1, -0.05) is 88.7 Å². The lowest BCUT2D eigenvalue weighted by atomic mass is 10.0. The summed E-state index contributed by atoms with van der Waals surface area (Å²) in [7, 11) is 0. The first-order chi connectivity index (χ1) is 15.2. The van der Waals surface area contributed by atoms with Gasteiger partial charge in [0, 0.05) is 26.4 Å². The Morgan fingerprint density at radius 3 is 1.74 bits per heavy atom. The summed E-state index contributed by atoms with van der Waals surface area (Å²) in [5, 5.41) is 4.60. The second-order valence-corrected chi connectivity index (χ2v) is 8.59. The number of aromatic nitrogens is 2. The molecule has 6 aromatic rings. The molecule has 0 saturated heterocycles. The van der Waals surface area contributed by atoms with Crippen molar-refractivity contribution in [1.82, 2.24) is 9.97 Å². The molecule has 0 saturated carbocycles. The SMILES string of the molecule is Brc1ccc2ccc(-c3ccc4ccc5ccc(-c6ccccc6)nc5c4n3)cc2c1. The molecule has 0 aliphatic carbocycles. The van der Waals surface area contributed by atoms with E-state index in [9.17, 15) is 0 Å². The van der Waals surface area contributed by atoms with E-state index in [1.54, 1.807) is 0 Å². The van der Waals surface area contributed by atoms with Gasteiger partial charge in [0.15, 0.2) is 0 Å². The van der Waals surface area contributed by atoms with Gasteiger partial charge in [-0.3, -0.25) is 0 Å². The molecule has 0 spiro atoms. The van der Waals surface area contributed by atoms with Crippen LogP contribution in [0.2, 0.25) is 0 Å². The molecule has 31 heavy (non-hydrogen) atoms. The summed E-state index contributed by atoms with van der Waals surface area (Å²) in [4.78, 5) is 10.1. The lowest BCUT2D eigenvalue weighted by molar-refractivity contribution is 1.37. The average Bonchev–Trinajstić information content (AvgIpc) is 2.83. The summed E-state index contributed by atoms with van der Waals surface area (Å²) < 4.78 is 1.08. The van der Waals surface area contributed by atoms with Crippen molar-refractivity contribution in [2.45, 2.75) is 0 Å². The first-order valence-electron chi connectivity index (χ1n) is 10.2. The van der Waals surface area contributed by atoms with E-state index >= 15 is 0 Å². The minimum atomic E-state index is 0.933. The predicted molar refractivity (Wildman–Crippen MR) is 133 cm³/mol. The number of pyridine rings is 2. The van der Waals surface area contributed by atoms with Crippen LogP contribution < -0.4 is 0 Å². The average molecular weight is 461 g/mol. The maximum absolute atomic E-state index is 5.06. The molecule has 0 radical (unpaired) electrons. The highest BCUT2D eigenvalue weighted by Gasteiger charge is 2.09. The van der Waals surface area contributed by atoms with Crippen molar-refractivity contribution in [2.75, 3.05) is 0 Å². The van der Waals surface area contributed by atoms with E-state index in [1.165, 1.54) is 10.8 Å². The van der Waals surface area contributed by atoms with Crippen LogP contribution in [0.4, 0.5) is 0 Å². The molecule has 6 rings (SSSR count). The quantitative estimate of drug-likeness (QED) is 0.244. The second-order valence-electron chi connectivity index (χ2n) is 7.67. The molecule has 0 atom stereocenters. The highest BCUT2D eigenvalue weighted by molar-refractivity contribution is 9.10. The molecule has 2 nitrogen and oxygen atoms in total. The molecule has 0 aliphatic heterocycles. The van der Waals surface area contributed by atoms with Crippen LogP contribution in [0.3, 0.4) is 0 Å². The van der Waals surface area contributed by atoms with Gasteiger partial charge in [0.1, 0.15) is 0 Å². The minimum absolute atomic E-state index is 0.933. The molecular formula is C28H17BrN2. The maximum Gasteiger partial charge on any atom is 0.0972 e. The Kier molecular flexibility index (Phi) is 4.29. The van der Waals surface area contributed by atoms with Gasteiger partial charge < -0.3 is 0 Å². The van der Waals surface area contributed by atoms with Crippen LogP contribution in [0.5, 0.6) is 0 Å². The van der Waals surface area contributed by atoms with Gasteiger partial charge in [-0.25, -0.2) is 9.97 Å². The lowest BCUT2D eigenvalue weighted by Gasteiger charge is -2.09. The van der Waals surface area contributed by atoms with Gasteiger partial charge in [-0.05, 0) is 41.1 Å². The summed E-state index contributed by atoms with van der Waals surface area (Å²) in [6, 6.07) is 35.8. The second kappa shape index (κ2) is 7.29. The third-order valence-corrected chi connectivity index (χ3v) is 6.18. The molecule has 3 heteroatoms. The summed E-state index contributed by atoms with van der Waals surface area (Å²) in [5.74, 6) is 0. The fourth-order valence-corrected chi connectivity index (χ4v) is 4.45. The van der Waals surface area contributed by atoms with Gasteiger partial charge >= 0.3 is 0 Å². The molecule has 0 unspecified atom stereocenters. The van der Waals surface area contributed by atoms with Gasteiger partial charge in [0.25, 0.3) is 0 Å². The molecule has 0 aliphatic rings. The van der Waals surface area contributed by atoms with Crippen LogP contribution in [0, 0.1) is 0 Å². The van der Waals surface area contributed by atoms with Crippen LogP contribution in [-0.2, 0) is 0 Å². The van der Waals surface area contributed by atoms with E-state index < -0.39 is 0 Å². The van der Waals surface area contributed by atoms with Crippen LogP contribution in [-0.4, -0.2) is 9.97 Å². The van der Waals surface area contributed by atoms with E-state index in [-0.39, 0.29) is 0 Å². The minimum Gasteiger partial charge on any atom is -0.245 e. The summed E-state index contributed by atoms with van der Waals surface area (Å²) in [6.07, 6.45) is 0. The van der Waals surface area contributed by atoms with E-state index in [4.69, 9.17) is 9.97 Å². The topological polar surface area (TPSA) is 25.8 Å². The normalized spacial score (nSPS) is 11.4. The summed E-state index contributed by atoms with van der Waals surface area (Å²) >= 11 is 3.57. The maximum atomic E-state index is 5.06. The van der Waals surface area contributed by atoms with E-state index in [0.717, 1.165) is 48.8 Å². The zero-order chi connectivity index (χ0) is 20.8. The zero-order valence-electron chi connectivity index (χ0n) is 16.6. The first kappa shape index (κ1) is 18.2. The summed E-state index contributed by atoms with van der Waals surface area (Å²) in [6.45, 7) is 0. The number of hydrogen-bond donors (Lipinski definition) is 0. The fraction of sp³-hybridized carbons (Fsp3) is 0. The monoisotopic (exact) mass is 460 g/mol. The van der Waals surface area contributed by atoms with Gasteiger partial charge in [-0.15, -0.1) is 0 Å². The van der Waals surface area contributed by atoms with Crippen molar-refractivity contribution in [2.24, 2.45) is 0 Å². The molecule has 146 valence electrons. The lowest BCUT2D eigenvalue weighted by Crippen LogP contribution is -1.91. The molecule has 0 fully saturated rings. The zero-order valence-corrected chi connectivity index (χ0v) is 18.2. The molecule has 0 bridgehead atoms. The van der Waals surface area contributed by atoms with Crippen molar-refractivity contribution in [3.05, 3.63) is 108 Å². The Morgan fingerprint density at radius 2 is 1.03 bits per heavy atom. The number of halogens is 1. The molecule has 2 aromatic heterocycles. The van der Waals surface area contributed by atoms with Crippen molar-refractivity contribution in [3.63, 3.8) is 0 Å². The Hall–Kier alpha value is -3.56. The Balaban J connectivity index is 1.56. The van der Waals surface area contributed by atoms with Crippen LogP contribution in [0.15, 0.2) is 108 Å². The van der Waals surface area contributed by atoms with Gasteiger partial charge in [0.2, 0.25) is 0 Å². The molecular weight excluding hydrogens is 444 g/mol. The largest absolute Gasteiger partial charge is 0.245 e. The highest BCUT2D eigenvalue weighted by atomic mass is 79.9. The van der Waals surface area contributed by atoms with E-state index in [1.807, 2.05) is 18.2 Å². The van der Waals surface area contributed by atoms with Crippen LogP contribution in [0.1, 0.15) is 0 Å². The Morgan fingerprint density at radius 1 is 0.452 bits per heavy atom. The molecule has 0 amide bonds. The van der Waals surface area contributed by atoms with Gasteiger partial charge in [-0.2, -0.15) is 0 Å². The molecule has 4 aromatic carbocycles. The first-order valence-corrected chi connectivity index (χ1v) is 11.0. The van der Waals surface area contributed by atoms with E-state index in [2.05, 4.69) is 101 Å².